The number of methoxy groups -OCH3 is 1. The molecule has 0 unspecified atom stereocenters. The lowest BCUT2D eigenvalue weighted by molar-refractivity contribution is -0.0236. The number of fused-ring (bicyclic) bond motifs is 5. The van der Waals surface area contributed by atoms with Gasteiger partial charge in [-0.05, 0) is 49.6 Å². The van der Waals surface area contributed by atoms with Crippen molar-refractivity contribution in [1.29, 1.82) is 0 Å². The number of benzene rings is 2. The minimum atomic E-state index is -0.495. The predicted molar refractivity (Wildman–Crippen MR) is 163 cm³/mol. The number of urea groups is 1. The number of nitrogens with one attached hydrogen (secondary N) is 3. The van der Waals surface area contributed by atoms with Gasteiger partial charge in [0, 0.05) is 44.9 Å². The summed E-state index contributed by atoms with van der Waals surface area (Å²) in [6.07, 6.45) is 0.561. The maximum atomic E-state index is 13.5. The van der Waals surface area contributed by atoms with Crippen LogP contribution in [0, 0.1) is 6.92 Å². The molecule has 13 heteroatoms. The predicted octanol–water partition coefficient (Wildman–Crippen LogP) is 3.21. The van der Waals surface area contributed by atoms with E-state index >= 15 is 0 Å². The number of aryl methyl sites for hydroxylation is 2. The molecule has 3 aromatic rings. The van der Waals surface area contributed by atoms with Gasteiger partial charge in [-0.1, -0.05) is 24.2 Å². The molecular weight excluding hydrogens is 582 g/mol. The van der Waals surface area contributed by atoms with E-state index in [1.165, 1.54) is 0 Å². The first-order valence-electron chi connectivity index (χ1n) is 15.1. The normalized spacial score (nSPS) is 19.1. The Hall–Kier alpha value is -4.62. The van der Waals surface area contributed by atoms with Crippen molar-refractivity contribution in [3.05, 3.63) is 70.6 Å². The van der Waals surface area contributed by atoms with Crippen LogP contribution in [0.3, 0.4) is 0 Å². The highest BCUT2D eigenvalue weighted by atomic mass is 16.5. The second-order valence-electron chi connectivity index (χ2n) is 10.8. The van der Waals surface area contributed by atoms with Crippen LogP contribution in [0.5, 0.6) is 17.2 Å². The molecule has 2 aliphatic rings. The van der Waals surface area contributed by atoms with Crippen LogP contribution in [-0.4, -0.2) is 86.6 Å². The SMILES string of the molecule is CCc1noc(C)c1C(=O)N1CC[C@@H]2NC(=O)NCCNC(=O)c3cc(OCCOC)cc(c3)Oc3cccc(c3)CO[C@H]2C1. The van der Waals surface area contributed by atoms with Crippen molar-refractivity contribution in [1.82, 2.24) is 26.0 Å². The van der Waals surface area contributed by atoms with Crippen LogP contribution in [0.2, 0.25) is 0 Å². The van der Waals surface area contributed by atoms with E-state index in [2.05, 4.69) is 21.1 Å². The first kappa shape index (κ1) is 31.8. The molecule has 2 aliphatic heterocycles. The molecule has 1 saturated heterocycles. The largest absolute Gasteiger partial charge is 0.491 e. The fraction of sp³-hybridized carbons (Fsp3) is 0.438. The summed E-state index contributed by atoms with van der Waals surface area (Å²) in [5.74, 6) is 1.39. The number of likely N-dealkylation sites (tertiary alicyclic amines) is 1. The van der Waals surface area contributed by atoms with Gasteiger partial charge in [-0.3, -0.25) is 9.59 Å². The van der Waals surface area contributed by atoms with Gasteiger partial charge in [0.05, 0.1) is 31.1 Å². The lowest BCUT2D eigenvalue weighted by atomic mass is 10.00. The molecule has 0 aliphatic carbocycles. The van der Waals surface area contributed by atoms with Gasteiger partial charge < -0.3 is 44.3 Å². The van der Waals surface area contributed by atoms with Crippen LogP contribution in [0.4, 0.5) is 4.79 Å². The number of carbonyl (C=O) groups is 3. The Morgan fingerprint density at radius 1 is 1.09 bits per heavy atom. The highest BCUT2D eigenvalue weighted by Crippen LogP contribution is 2.29. The van der Waals surface area contributed by atoms with Crippen LogP contribution < -0.4 is 25.4 Å². The number of hydrogen-bond donors (Lipinski definition) is 3. The Labute approximate surface area is 261 Å². The van der Waals surface area contributed by atoms with Crippen LogP contribution >= 0.6 is 0 Å². The maximum absolute atomic E-state index is 13.5. The van der Waals surface area contributed by atoms with Crippen LogP contribution in [0.1, 0.15) is 51.1 Å². The van der Waals surface area contributed by atoms with Gasteiger partial charge in [0.1, 0.15) is 35.2 Å². The second-order valence-corrected chi connectivity index (χ2v) is 10.8. The lowest BCUT2D eigenvalue weighted by Crippen LogP contribution is -2.58. The molecule has 1 fully saturated rings. The highest BCUT2D eigenvalue weighted by Gasteiger charge is 2.35. The fourth-order valence-corrected chi connectivity index (χ4v) is 5.33. The van der Waals surface area contributed by atoms with Gasteiger partial charge in [-0.15, -0.1) is 0 Å². The first-order chi connectivity index (χ1) is 21.8. The van der Waals surface area contributed by atoms with Crippen molar-refractivity contribution in [3.63, 3.8) is 0 Å². The van der Waals surface area contributed by atoms with E-state index in [9.17, 15) is 14.4 Å². The molecule has 3 N–H and O–H groups in total. The average Bonchev–Trinajstić information content (AvgIpc) is 3.42. The maximum Gasteiger partial charge on any atom is 0.315 e. The Balaban J connectivity index is 1.38. The van der Waals surface area contributed by atoms with Crippen LogP contribution in [-0.2, 0) is 22.5 Å². The van der Waals surface area contributed by atoms with E-state index in [0.29, 0.717) is 72.4 Å². The molecule has 240 valence electrons. The van der Waals surface area contributed by atoms with Gasteiger partial charge in [0.25, 0.3) is 11.8 Å². The van der Waals surface area contributed by atoms with E-state index in [4.69, 9.17) is 23.5 Å². The second kappa shape index (κ2) is 14.9. The molecule has 4 amide bonds. The molecule has 45 heavy (non-hydrogen) atoms. The summed E-state index contributed by atoms with van der Waals surface area (Å²) in [5, 5.41) is 12.6. The molecule has 2 aromatic carbocycles. The van der Waals surface area contributed by atoms with Crippen molar-refractivity contribution < 1.29 is 37.9 Å². The van der Waals surface area contributed by atoms with Gasteiger partial charge >= 0.3 is 6.03 Å². The highest BCUT2D eigenvalue weighted by molar-refractivity contribution is 5.96. The number of aromatic nitrogens is 1. The third-order valence-electron chi connectivity index (χ3n) is 7.64. The van der Waals surface area contributed by atoms with Crippen molar-refractivity contribution in [2.45, 2.75) is 45.4 Å². The van der Waals surface area contributed by atoms with E-state index in [1.54, 1.807) is 37.1 Å². The third-order valence-corrected chi connectivity index (χ3v) is 7.64. The summed E-state index contributed by atoms with van der Waals surface area (Å²) in [6.45, 7) is 5.64. The number of piperidine rings is 1. The molecule has 5 rings (SSSR count). The molecule has 13 nitrogen and oxygen atoms in total. The minimum absolute atomic E-state index is 0.171. The Morgan fingerprint density at radius 3 is 2.76 bits per heavy atom. The van der Waals surface area contributed by atoms with Gasteiger partial charge in [-0.2, -0.15) is 0 Å². The molecular formula is C32H39N5O8. The smallest absolute Gasteiger partial charge is 0.315 e. The zero-order valence-corrected chi connectivity index (χ0v) is 25.7. The van der Waals surface area contributed by atoms with E-state index in [-0.39, 0.29) is 44.1 Å². The molecule has 1 aromatic heterocycles. The van der Waals surface area contributed by atoms with Crippen molar-refractivity contribution in [2.75, 3.05) is 46.5 Å². The van der Waals surface area contributed by atoms with Crippen molar-refractivity contribution in [2.24, 2.45) is 0 Å². The third kappa shape index (κ3) is 8.11. The molecule has 0 saturated carbocycles. The van der Waals surface area contributed by atoms with Crippen LogP contribution in [0.15, 0.2) is 47.0 Å². The molecule has 3 heterocycles. The number of carbonyl (C=O) groups excluding carboxylic acids is 3. The minimum Gasteiger partial charge on any atom is -0.491 e. The average molecular weight is 622 g/mol. The number of ether oxygens (including phenoxy) is 4. The van der Waals surface area contributed by atoms with E-state index in [0.717, 1.165) is 5.56 Å². The summed E-state index contributed by atoms with van der Waals surface area (Å²) < 4.78 is 28.7. The molecule has 0 radical (unpaired) electrons. The summed E-state index contributed by atoms with van der Waals surface area (Å²) in [6, 6.07) is 11.6. The topological polar surface area (TPSA) is 153 Å². The van der Waals surface area contributed by atoms with E-state index in [1.807, 2.05) is 31.2 Å². The number of nitrogens with zero attached hydrogens (tertiary/aromatic N) is 2. The van der Waals surface area contributed by atoms with Crippen molar-refractivity contribution in [3.8, 4) is 17.2 Å². The Morgan fingerprint density at radius 2 is 1.93 bits per heavy atom. The van der Waals surface area contributed by atoms with Crippen molar-refractivity contribution >= 4 is 17.8 Å². The van der Waals surface area contributed by atoms with E-state index < -0.39 is 12.1 Å². The van der Waals surface area contributed by atoms with Crippen LogP contribution in [0.25, 0.3) is 0 Å². The lowest BCUT2D eigenvalue weighted by Gasteiger charge is -2.38. The molecule has 0 spiro atoms. The summed E-state index contributed by atoms with van der Waals surface area (Å²) >= 11 is 0. The summed E-state index contributed by atoms with van der Waals surface area (Å²) in [4.78, 5) is 41.1. The molecule has 2 atom stereocenters. The Kier molecular flexibility index (Phi) is 10.5. The number of amides is 4. The van der Waals surface area contributed by atoms with Gasteiger partial charge in [0.2, 0.25) is 0 Å². The molecule has 4 bridgehead atoms. The zero-order valence-electron chi connectivity index (χ0n) is 25.7. The number of hydrogen-bond acceptors (Lipinski definition) is 9. The summed E-state index contributed by atoms with van der Waals surface area (Å²) in [5.41, 5.74) is 2.27. The van der Waals surface area contributed by atoms with Gasteiger partial charge in [-0.25, -0.2) is 4.79 Å². The summed E-state index contributed by atoms with van der Waals surface area (Å²) in [7, 11) is 1.58. The Bertz CT molecular complexity index is 1510. The fourth-order valence-electron chi connectivity index (χ4n) is 5.33. The first-order valence-corrected chi connectivity index (χ1v) is 15.1. The standard InChI is InChI=1S/C32H39N5O8/c1-4-26-29(20(2)45-36-26)31(39)37-11-8-27-28(18-37)43-19-21-6-5-7-23(14-21)44-25-16-22(15-24(17-25)42-13-12-41-3)30(38)33-9-10-34-32(40)35-27/h5-7,14-17,27-28H,4,8-13,18-19H2,1-3H3,(H,33,38)(H2,34,35,40)/t27-,28-/m0/s1. The zero-order chi connectivity index (χ0) is 31.8. The quantitative estimate of drug-likeness (QED) is 0.352. The number of rotatable bonds is 6. The van der Waals surface area contributed by atoms with Gasteiger partial charge in [0.15, 0.2) is 0 Å². The monoisotopic (exact) mass is 621 g/mol.